The third-order valence-electron chi connectivity index (χ3n) is 5.66. The molecule has 1 N–H and O–H groups in total. The van der Waals surface area contributed by atoms with E-state index in [-0.39, 0.29) is 0 Å². The van der Waals surface area contributed by atoms with Crippen LogP contribution in [0.2, 0.25) is 0 Å². The lowest BCUT2D eigenvalue weighted by Crippen LogP contribution is -2.39. The summed E-state index contributed by atoms with van der Waals surface area (Å²) >= 11 is 0. The van der Waals surface area contributed by atoms with Crippen LogP contribution in [0.3, 0.4) is 0 Å². The Morgan fingerprint density at radius 1 is 1.00 bits per heavy atom. The maximum Gasteiger partial charge on any atom is 0.135 e. The van der Waals surface area contributed by atoms with Gasteiger partial charge in [-0.3, -0.25) is 0 Å². The van der Waals surface area contributed by atoms with Crippen LogP contribution >= 0.6 is 0 Å². The van der Waals surface area contributed by atoms with Crippen molar-refractivity contribution in [2.24, 2.45) is 0 Å². The topological polar surface area (TPSA) is 44.3 Å². The van der Waals surface area contributed by atoms with Crippen molar-refractivity contribution in [1.82, 2.24) is 9.97 Å². The maximum atomic E-state index is 4.54. The van der Waals surface area contributed by atoms with E-state index >= 15 is 0 Å². The van der Waals surface area contributed by atoms with Crippen LogP contribution in [0.15, 0.2) is 36.7 Å². The number of piperidine rings is 1. The molecule has 3 heterocycles. The summed E-state index contributed by atoms with van der Waals surface area (Å²) in [5, 5.41) is 3.44. The summed E-state index contributed by atoms with van der Waals surface area (Å²) < 4.78 is 0. The predicted molar refractivity (Wildman–Crippen MR) is 108 cm³/mol. The van der Waals surface area contributed by atoms with Crippen LogP contribution in [0.5, 0.6) is 0 Å². The first-order valence-electron chi connectivity index (χ1n) is 10.0. The van der Waals surface area contributed by atoms with Crippen molar-refractivity contribution in [3.05, 3.63) is 36.7 Å². The molecule has 0 amide bonds. The van der Waals surface area contributed by atoms with Gasteiger partial charge in [0.2, 0.25) is 0 Å². The highest BCUT2D eigenvalue weighted by molar-refractivity contribution is 5.62. The van der Waals surface area contributed by atoms with Crippen LogP contribution in [0.4, 0.5) is 23.0 Å². The third kappa shape index (κ3) is 3.76. The van der Waals surface area contributed by atoms with Gasteiger partial charge in [-0.15, -0.1) is 0 Å². The smallest absolute Gasteiger partial charge is 0.135 e. The molecule has 0 saturated carbocycles. The fourth-order valence-corrected chi connectivity index (χ4v) is 4.18. The molecule has 0 bridgehead atoms. The van der Waals surface area contributed by atoms with Gasteiger partial charge in [-0.05, 0) is 62.8 Å². The lowest BCUT2D eigenvalue weighted by atomic mass is 10.0. The van der Waals surface area contributed by atoms with E-state index in [1.165, 1.54) is 57.3 Å². The molecule has 0 aliphatic carbocycles. The highest BCUT2D eigenvalue weighted by Crippen LogP contribution is 2.27. The lowest BCUT2D eigenvalue weighted by Gasteiger charge is -2.36. The summed E-state index contributed by atoms with van der Waals surface area (Å²) in [6.45, 7) is 5.72. The largest absolute Gasteiger partial charge is 0.372 e. The summed E-state index contributed by atoms with van der Waals surface area (Å²) in [7, 11) is 0. The molecule has 0 spiro atoms. The SMILES string of the molecule is CCC1CCCCN1c1cc(Nc2ccc(N3CCCC3)cc2)ncn1. The highest BCUT2D eigenvalue weighted by atomic mass is 15.2. The molecule has 2 saturated heterocycles. The molecular weight excluding hydrogens is 322 g/mol. The molecule has 5 heteroatoms. The van der Waals surface area contributed by atoms with Gasteiger partial charge in [0, 0.05) is 43.1 Å². The van der Waals surface area contributed by atoms with Crippen molar-refractivity contribution in [3.63, 3.8) is 0 Å². The van der Waals surface area contributed by atoms with Crippen LogP contribution in [0, 0.1) is 0 Å². The van der Waals surface area contributed by atoms with Gasteiger partial charge in [-0.25, -0.2) is 9.97 Å². The fourth-order valence-electron chi connectivity index (χ4n) is 4.18. The summed E-state index contributed by atoms with van der Waals surface area (Å²) in [6.07, 6.45) is 9.30. The summed E-state index contributed by atoms with van der Waals surface area (Å²) in [5.74, 6) is 1.91. The lowest BCUT2D eigenvalue weighted by molar-refractivity contribution is 0.446. The number of nitrogens with zero attached hydrogens (tertiary/aromatic N) is 4. The number of benzene rings is 1. The molecule has 2 aliphatic heterocycles. The molecule has 1 aromatic heterocycles. The van der Waals surface area contributed by atoms with Crippen molar-refractivity contribution in [2.45, 2.75) is 51.5 Å². The van der Waals surface area contributed by atoms with Crippen molar-refractivity contribution in [1.29, 1.82) is 0 Å². The number of anilines is 4. The van der Waals surface area contributed by atoms with E-state index in [1.54, 1.807) is 6.33 Å². The molecule has 1 aromatic carbocycles. The molecule has 26 heavy (non-hydrogen) atoms. The molecule has 0 radical (unpaired) electrons. The van der Waals surface area contributed by atoms with Crippen LogP contribution in [0.25, 0.3) is 0 Å². The minimum absolute atomic E-state index is 0.603. The third-order valence-corrected chi connectivity index (χ3v) is 5.66. The number of aromatic nitrogens is 2. The molecular formula is C21H29N5. The second kappa shape index (κ2) is 7.94. The summed E-state index contributed by atoms with van der Waals surface area (Å²) in [5.41, 5.74) is 2.39. The molecule has 2 aromatic rings. The first-order valence-corrected chi connectivity index (χ1v) is 10.0. The second-order valence-corrected chi connectivity index (χ2v) is 7.38. The predicted octanol–water partition coefficient (Wildman–Crippen LogP) is 4.59. The first-order chi connectivity index (χ1) is 12.8. The Hall–Kier alpha value is -2.30. The molecule has 1 atom stereocenters. The Labute approximate surface area is 156 Å². The van der Waals surface area contributed by atoms with Gasteiger partial charge >= 0.3 is 0 Å². The van der Waals surface area contributed by atoms with Gasteiger partial charge in [-0.2, -0.15) is 0 Å². The van der Waals surface area contributed by atoms with E-state index in [0.29, 0.717) is 6.04 Å². The van der Waals surface area contributed by atoms with Crippen LogP contribution in [-0.2, 0) is 0 Å². The first kappa shape index (κ1) is 17.1. The molecule has 4 rings (SSSR count). The van der Waals surface area contributed by atoms with Gasteiger partial charge in [-0.1, -0.05) is 6.92 Å². The van der Waals surface area contributed by atoms with Crippen molar-refractivity contribution in [3.8, 4) is 0 Å². The minimum atomic E-state index is 0.603. The molecule has 5 nitrogen and oxygen atoms in total. The van der Waals surface area contributed by atoms with E-state index in [1.807, 2.05) is 0 Å². The van der Waals surface area contributed by atoms with Crippen LogP contribution < -0.4 is 15.1 Å². The Morgan fingerprint density at radius 2 is 1.77 bits per heavy atom. The zero-order valence-electron chi connectivity index (χ0n) is 15.7. The molecule has 2 fully saturated rings. The zero-order valence-corrected chi connectivity index (χ0v) is 15.7. The van der Waals surface area contributed by atoms with E-state index in [4.69, 9.17) is 0 Å². The Morgan fingerprint density at radius 3 is 2.54 bits per heavy atom. The molecule has 2 aliphatic rings. The van der Waals surface area contributed by atoms with E-state index < -0.39 is 0 Å². The molecule has 1 unspecified atom stereocenters. The van der Waals surface area contributed by atoms with Gasteiger partial charge in [0.15, 0.2) is 0 Å². The van der Waals surface area contributed by atoms with Crippen LogP contribution in [-0.4, -0.2) is 35.6 Å². The van der Waals surface area contributed by atoms with Crippen molar-refractivity contribution >= 4 is 23.0 Å². The number of rotatable bonds is 5. The quantitative estimate of drug-likeness (QED) is 0.853. The average molecular weight is 351 g/mol. The zero-order chi connectivity index (χ0) is 17.8. The molecule has 138 valence electrons. The monoisotopic (exact) mass is 351 g/mol. The highest BCUT2D eigenvalue weighted by Gasteiger charge is 2.22. The Kier molecular flexibility index (Phi) is 5.23. The number of hydrogen-bond donors (Lipinski definition) is 1. The minimum Gasteiger partial charge on any atom is -0.372 e. The standard InChI is InChI=1S/C21H29N5/c1-2-18-7-3-4-14-26(18)21-15-20(22-16-23-21)24-17-8-10-19(11-9-17)25-12-5-6-13-25/h8-11,15-16,18H,2-7,12-14H2,1H3,(H,22,23,24). The Balaban J connectivity index is 1.46. The van der Waals surface area contributed by atoms with Gasteiger partial charge in [0.25, 0.3) is 0 Å². The summed E-state index contributed by atoms with van der Waals surface area (Å²) in [4.78, 5) is 13.9. The van der Waals surface area contributed by atoms with Crippen molar-refractivity contribution in [2.75, 3.05) is 34.8 Å². The van der Waals surface area contributed by atoms with Gasteiger partial charge in [0.05, 0.1) is 0 Å². The van der Waals surface area contributed by atoms with E-state index in [0.717, 1.165) is 23.9 Å². The average Bonchev–Trinajstić information content (AvgIpc) is 3.23. The van der Waals surface area contributed by atoms with Gasteiger partial charge < -0.3 is 15.1 Å². The van der Waals surface area contributed by atoms with Crippen LogP contribution in [0.1, 0.15) is 45.4 Å². The normalized spacial score (nSPS) is 20.4. The second-order valence-electron chi connectivity index (χ2n) is 7.38. The van der Waals surface area contributed by atoms with Crippen molar-refractivity contribution < 1.29 is 0 Å². The summed E-state index contributed by atoms with van der Waals surface area (Å²) in [6, 6.07) is 11.4. The fraction of sp³-hybridized carbons (Fsp3) is 0.524. The van der Waals surface area contributed by atoms with E-state index in [9.17, 15) is 0 Å². The number of nitrogens with one attached hydrogen (secondary N) is 1. The maximum absolute atomic E-state index is 4.54. The van der Waals surface area contributed by atoms with E-state index in [2.05, 4.69) is 62.3 Å². The number of hydrogen-bond acceptors (Lipinski definition) is 5. The van der Waals surface area contributed by atoms with Gasteiger partial charge in [0.1, 0.15) is 18.0 Å². The Bertz CT molecular complexity index is 709.